The Kier molecular flexibility index (Phi) is 4.52. The maximum absolute atomic E-state index is 11.9. The van der Waals surface area contributed by atoms with Crippen LogP contribution in [-0.2, 0) is 9.47 Å². The van der Waals surface area contributed by atoms with Crippen LogP contribution in [0.5, 0.6) is 0 Å². The van der Waals surface area contributed by atoms with Gasteiger partial charge in [0.1, 0.15) is 0 Å². The molecule has 3 aliphatic rings. The van der Waals surface area contributed by atoms with Crippen LogP contribution in [0, 0.1) is 0 Å². The van der Waals surface area contributed by atoms with E-state index in [1.165, 1.54) is 4.90 Å². The van der Waals surface area contributed by atoms with Crippen LogP contribution in [0.15, 0.2) is 24.3 Å². The quantitative estimate of drug-likeness (QED) is 0.838. The summed E-state index contributed by atoms with van der Waals surface area (Å²) in [6.45, 7) is 2.14. The minimum Gasteiger partial charge on any atom is -0.394 e. The van der Waals surface area contributed by atoms with Crippen molar-refractivity contribution >= 4 is 11.8 Å². The summed E-state index contributed by atoms with van der Waals surface area (Å²) in [7, 11) is 0. The van der Waals surface area contributed by atoms with Gasteiger partial charge < -0.3 is 14.6 Å². The van der Waals surface area contributed by atoms with Crippen molar-refractivity contribution in [3.8, 4) is 0 Å². The number of hydrogen-bond acceptors (Lipinski definition) is 5. The maximum atomic E-state index is 11.9. The number of hydrogen-bond donors (Lipinski definition) is 1. The normalized spacial score (nSPS) is 25.8. The van der Waals surface area contributed by atoms with Gasteiger partial charge in [-0.25, -0.2) is 0 Å². The summed E-state index contributed by atoms with van der Waals surface area (Å²) in [5.74, 6) is -0.396. The molecule has 6 heteroatoms. The average molecular weight is 305 g/mol. The summed E-state index contributed by atoms with van der Waals surface area (Å²) in [5, 5.41) is 8.26. The third-order valence-corrected chi connectivity index (χ3v) is 4.05. The molecule has 2 unspecified atom stereocenters. The standard InChI is InChI=1S/C12H11NO3.C4H8O2/c14-11-9-3-1-2-4-10(9)12(15)13(11)7-8-5-6-16-8;5-3-4-1-2-6-4/h1-4,8H,5-7H2;4-5H,1-3H2. The first-order chi connectivity index (χ1) is 10.7. The van der Waals surface area contributed by atoms with Gasteiger partial charge in [0, 0.05) is 13.2 Å². The fraction of sp³-hybridized carbons (Fsp3) is 0.500. The van der Waals surface area contributed by atoms with Crippen LogP contribution in [0.2, 0.25) is 0 Å². The van der Waals surface area contributed by atoms with Gasteiger partial charge in [0.2, 0.25) is 0 Å². The van der Waals surface area contributed by atoms with E-state index in [4.69, 9.17) is 14.6 Å². The summed E-state index contributed by atoms with van der Waals surface area (Å²) in [5.41, 5.74) is 1.01. The molecule has 2 amide bonds. The van der Waals surface area contributed by atoms with Gasteiger partial charge in [0.25, 0.3) is 11.8 Å². The van der Waals surface area contributed by atoms with E-state index in [1.807, 2.05) is 0 Å². The van der Waals surface area contributed by atoms with Crippen molar-refractivity contribution < 1.29 is 24.2 Å². The molecule has 1 aromatic rings. The Balaban J connectivity index is 0.000000202. The van der Waals surface area contributed by atoms with Gasteiger partial charge in [0.05, 0.1) is 36.5 Å². The highest BCUT2D eigenvalue weighted by atomic mass is 16.5. The second-order valence-electron chi connectivity index (χ2n) is 5.51. The van der Waals surface area contributed by atoms with Crippen LogP contribution in [0.25, 0.3) is 0 Å². The first-order valence-electron chi connectivity index (χ1n) is 7.50. The first-order valence-corrected chi connectivity index (χ1v) is 7.50. The molecule has 2 atom stereocenters. The van der Waals surface area contributed by atoms with Gasteiger partial charge in [-0.05, 0) is 25.0 Å². The Labute approximate surface area is 128 Å². The lowest BCUT2D eigenvalue weighted by molar-refractivity contribution is -0.0773. The molecule has 1 N–H and O–H groups in total. The highest BCUT2D eigenvalue weighted by Gasteiger charge is 2.37. The second-order valence-corrected chi connectivity index (χ2v) is 5.51. The Bertz CT molecular complexity index is 528. The number of fused-ring (bicyclic) bond motifs is 1. The smallest absolute Gasteiger partial charge is 0.261 e. The van der Waals surface area contributed by atoms with Crippen LogP contribution < -0.4 is 0 Å². The highest BCUT2D eigenvalue weighted by molar-refractivity contribution is 6.21. The number of aliphatic hydroxyl groups is 1. The molecule has 6 nitrogen and oxygen atoms in total. The molecule has 0 spiro atoms. The van der Waals surface area contributed by atoms with E-state index in [9.17, 15) is 9.59 Å². The van der Waals surface area contributed by atoms with Gasteiger partial charge in [-0.3, -0.25) is 14.5 Å². The van der Waals surface area contributed by atoms with Crippen molar-refractivity contribution in [3.05, 3.63) is 35.4 Å². The minimum atomic E-state index is -0.198. The molecule has 4 rings (SSSR count). The number of aliphatic hydroxyl groups excluding tert-OH is 1. The Morgan fingerprint density at radius 3 is 1.82 bits per heavy atom. The van der Waals surface area contributed by atoms with E-state index >= 15 is 0 Å². The van der Waals surface area contributed by atoms with Crippen LogP contribution in [0.3, 0.4) is 0 Å². The summed E-state index contributed by atoms with van der Waals surface area (Å²) < 4.78 is 10.1. The molecule has 0 bridgehead atoms. The number of ether oxygens (including phenoxy) is 2. The summed E-state index contributed by atoms with van der Waals surface area (Å²) in [4.78, 5) is 25.2. The van der Waals surface area contributed by atoms with Crippen LogP contribution in [0.4, 0.5) is 0 Å². The third kappa shape index (κ3) is 2.90. The molecule has 2 saturated heterocycles. The van der Waals surface area contributed by atoms with Gasteiger partial charge >= 0.3 is 0 Å². The lowest BCUT2D eigenvalue weighted by atomic mass is 10.1. The fourth-order valence-electron chi connectivity index (χ4n) is 2.47. The van der Waals surface area contributed by atoms with E-state index in [0.29, 0.717) is 17.7 Å². The molecule has 118 valence electrons. The largest absolute Gasteiger partial charge is 0.394 e. The molecule has 2 fully saturated rings. The van der Waals surface area contributed by atoms with Gasteiger partial charge in [-0.15, -0.1) is 0 Å². The maximum Gasteiger partial charge on any atom is 0.261 e. The first kappa shape index (κ1) is 15.1. The molecule has 0 radical (unpaired) electrons. The zero-order valence-electron chi connectivity index (χ0n) is 12.2. The summed E-state index contributed by atoms with van der Waals surface area (Å²) >= 11 is 0. The summed E-state index contributed by atoms with van der Waals surface area (Å²) in [6, 6.07) is 6.93. The van der Waals surface area contributed by atoms with E-state index in [-0.39, 0.29) is 30.6 Å². The molecular weight excluding hydrogens is 286 g/mol. The lowest BCUT2D eigenvalue weighted by Gasteiger charge is -2.29. The molecular formula is C16H19NO5. The van der Waals surface area contributed by atoms with Crippen LogP contribution in [-0.4, -0.2) is 60.4 Å². The zero-order valence-corrected chi connectivity index (χ0v) is 12.2. The van der Waals surface area contributed by atoms with E-state index in [0.717, 1.165) is 26.1 Å². The fourth-order valence-corrected chi connectivity index (χ4v) is 2.47. The topological polar surface area (TPSA) is 76.1 Å². The molecule has 3 heterocycles. The average Bonchev–Trinajstić information content (AvgIpc) is 2.67. The molecule has 3 aliphatic heterocycles. The number of nitrogens with zero attached hydrogens (tertiary/aromatic N) is 1. The second kappa shape index (κ2) is 6.56. The number of carbonyl (C=O) groups excluding carboxylic acids is 2. The Morgan fingerprint density at radius 2 is 1.50 bits per heavy atom. The van der Waals surface area contributed by atoms with Crippen molar-refractivity contribution in [2.45, 2.75) is 25.0 Å². The third-order valence-electron chi connectivity index (χ3n) is 4.05. The highest BCUT2D eigenvalue weighted by Crippen LogP contribution is 2.24. The van der Waals surface area contributed by atoms with Crippen LogP contribution >= 0.6 is 0 Å². The SMILES string of the molecule is O=C1c2ccccc2C(=O)N1CC1CCO1.OCC1CCO1. The van der Waals surface area contributed by atoms with Crippen molar-refractivity contribution in [3.63, 3.8) is 0 Å². The number of carbonyl (C=O) groups is 2. The predicted molar refractivity (Wildman–Crippen MR) is 77.6 cm³/mol. The number of imide groups is 1. The van der Waals surface area contributed by atoms with E-state index in [2.05, 4.69) is 0 Å². The number of rotatable bonds is 3. The van der Waals surface area contributed by atoms with Crippen molar-refractivity contribution in [2.75, 3.05) is 26.4 Å². The minimum absolute atomic E-state index is 0.0298. The van der Waals surface area contributed by atoms with Gasteiger partial charge in [-0.2, -0.15) is 0 Å². The van der Waals surface area contributed by atoms with Crippen molar-refractivity contribution in [2.24, 2.45) is 0 Å². The summed E-state index contributed by atoms with van der Waals surface area (Å²) in [6.07, 6.45) is 2.16. The van der Waals surface area contributed by atoms with E-state index in [1.54, 1.807) is 24.3 Å². The predicted octanol–water partition coefficient (Wildman–Crippen LogP) is 0.839. The molecule has 22 heavy (non-hydrogen) atoms. The van der Waals surface area contributed by atoms with Crippen molar-refractivity contribution in [1.29, 1.82) is 0 Å². The van der Waals surface area contributed by atoms with Crippen molar-refractivity contribution in [1.82, 2.24) is 4.90 Å². The molecule has 0 saturated carbocycles. The Hall–Kier alpha value is -1.76. The zero-order chi connectivity index (χ0) is 15.5. The number of benzene rings is 1. The lowest BCUT2D eigenvalue weighted by Crippen LogP contribution is -2.42. The molecule has 1 aromatic carbocycles. The van der Waals surface area contributed by atoms with Crippen LogP contribution in [0.1, 0.15) is 33.6 Å². The molecule has 0 aliphatic carbocycles. The van der Waals surface area contributed by atoms with Gasteiger partial charge in [-0.1, -0.05) is 12.1 Å². The Morgan fingerprint density at radius 1 is 1.00 bits per heavy atom. The number of amides is 2. The monoisotopic (exact) mass is 305 g/mol. The van der Waals surface area contributed by atoms with Gasteiger partial charge in [0.15, 0.2) is 0 Å². The molecule has 0 aromatic heterocycles. The van der Waals surface area contributed by atoms with E-state index < -0.39 is 0 Å².